The minimum Gasteiger partial charge on any atom is -0.377 e. The lowest BCUT2D eigenvalue weighted by atomic mass is 10.1. The third kappa shape index (κ3) is 3.01. The van der Waals surface area contributed by atoms with Crippen molar-refractivity contribution in [1.82, 2.24) is 5.01 Å². The van der Waals surface area contributed by atoms with Crippen molar-refractivity contribution in [2.24, 2.45) is 5.84 Å². The zero-order valence-corrected chi connectivity index (χ0v) is 8.62. The minimum absolute atomic E-state index is 0.401. The average molecular weight is 184 g/mol. The Morgan fingerprint density at radius 2 is 2.23 bits per heavy atom. The molecule has 3 heteroatoms. The lowest BCUT2D eigenvalue weighted by Gasteiger charge is -2.33. The fourth-order valence-corrected chi connectivity index (χ4v) is 1.37. The van der Waals surface area contributed by atoms with Crippen LogP contribution in [-0.4, -0.2) is 24.3 Å². The molecule has 1 aliphatic rings. The fourth-order valence-electron chi connectivity index (χ4n) is 1.37. The summed E-state index contributed by atoms with van der Waals surface area (Å²) in [7, 11) is 0. The smallest absolute Gasteiger partial charge is 0.0912 e. The molecule has 13 heavy (non-hydrogen) atoms. The molecule has 0 unspecified atom stereocenters. The Morgan fingerprint density at radius 3 is 2.62 bits per heavy atom. The molecule has 76 valence electrons. The van der Waals surface area contributed by atoms with Crippen LogP contribution in [0.25, 0.3) is 0 Å². The summed E-state index contributed by atoms with van der Waals surface area (Å²) >= 11 is 0. The van der Waals surface area contributed by atoms with Gasteiger partial charge in [0.05, 0.1) is 19.3 Å². The molecule has 0 bridgehead atoms. The quantitative estimate of drug-likeness (QED) is 0.521. The molecule has 0 aliphatic carbocycles. The summed E-state index contributed by atoms with van der Waals surface area (Å²) in [5.41, 5.74) is 1.43. The van der Waals surface area contributed by atoms with Gasteiger partial charge in [-0.2, -0.15) is 0 Å². The molecule has 0 aromatic rings. The van der Waals surface area contributed by atoms with Gasteiger partial charge in [-0.3, -0.25) is 0 Å². The van der Waals surface area contributed by atoms with E-state index in [0.717, 1.165) is 26.1 Å². The van der Waals surface area contributed by atoms with Gasteiger partial charge in [-0.1, -0.05) is 25.8 Å². The summed E-state index contributed by atoms with van der Waals surface area (Å²) in [6.45, 7) is 5.91. The Labute approximate surface area is 80.5 Å². The van der Waals surface area contributed by atoms with Crippen LogP contribution in [0.3, 0.4) is 0 Å². The number of allylic oxidation sites excluding steroid dienone is 1. The highest BCUT2D eigenvalue weighted by Crippen LogP contribution is 2.13. The first kappa shape index (κ1) is 10.5. The van der Waals surface area contributed by atoms with Crippen LogP contribution in [0.2, 0.25) is 0 Å². The zero-order valence-electron chi connectivity index (χ0n) is 8.62. The van der Waals surface area contributed by atoms with Gasteiger partial charge in [-0.15, -0.1) is 0 Å². The van der Waals surface area contributed by atoms with Gasteiger partial charge in [0.2, 0.25) is 0 Å². The van der Waals surface area contributed by atoms with E-state index in [1.165, 1.54) is 12.0 Å². The maximum Gasteiger partial charge on any atom is 0.0912 e. The van der Waals surface area contributed by atoms with E-state index in [4.69, 9.17) is 10.6 Å². The Balaban J connectivity index is 2.39. The largest absolute Gasteiger partial charge is 0.377 e. The second-order valence-corrected chi connectivity index (χ2v) is 3.53. The van der Waals surface area contributed by atoms with Gasteiger partial charge in [0.1, 0.15) is 0 Å². The molecule has 1 saturated heterocycles. The number of nitrogens with zero attached hydrogens (tertiary/aromatic N) is 1. The molecule has 0 aromatic carbocycles. The first-order valence-electron chi connectivity index (χ1n) is 5.08. The second-order valence-electron chi connectivity index (χ2n) is 3.53. The van der Waals surface area contributed by atoms with E-state index in [1.807, 2.05) is 0 Å². The summed E-state index contributed by atoms with van der Waals surface area (Å²) in [6, 6.07) is 0.401. The second kappa shape index (κ2) is 5.25. The normalized spacial score (nSPS) is 18.5. The van der Waals surface area contributed by atoms with Crippen molar-refractivity contribution in [3.05, 3.63) is 11.8 Å². The predicted octanol–water partition coefficient (Wildman–Crippen LogP) is 1.65. The van der Waals surface area contributed by atoms with Crippen LogP contribution in [0.15, 0.2) is 11.8 Å². The Kier molecular flexibility index (Phi) is 4.25. The molecule has 1 fully saturated rings. The third-order valence-corrected chi connectivity index (χ3v) is 2.40. The van der Waals surface area contributed by atoms with E-state index in [-0.39, 0.29) is 0 Å². The van der Waals surface area contributed by atoms with Crippen LogP contribution >= 0.6 is 0 Å². The number of hydrogen-bond acceptors (Lipinski definition) is 3. The Bertz CT molecular complexity index is 176. The monoisotopic (exact) mass is 184 g/mol. The number of nitrogens with two attached hydrogens (primary N) is 1. The van der Waals surface area contributed by atoms with E-state index in [2.05, 4.69) is 20.0 Å². The van der Waals surface area contributed by atoms with E-state index in [1.54, 1.807) is 5.01 Å². The molecule has 0 radical (unpaired) electrons. The Hall–Kier alpha value is -0.540. The van der Waals surface area contributed by atoms with Crippen molar-refractivity contribution in [2.75, 3.05) is 13.2 Å². The Morgan fingerprint density at radius 1 is 1.54 bits per heavy atom. The van der Waals surface area contributed by atoms with E-state index in [9.17, 15) is 0 Å². The average Bonchev–Trinajstić information content (AvgIpc) is 2.00. The van der Waals surface area contributed by atoms with Crippen LogP contribution in [0.4, 0.5) is 0 Å². The lowest BCUT2D eigenvalue weighted by molar-refractivity contribution is -0.0494. The van der Waals surface area contributed by atoms with Gasteiger partial charge in [-0.05, 0) is 12.8 Å². The highest BCUT2D eigenvalue weighted by molar-refractivity contribution is 5.01. The standard InChI is InChI=1S/C10H20N2O/c1-3-5-9(4-2)6-12(11)10-7-13-8-10/h6,10H,3-5,7-8,11H2,1-2H3/b9-6-. The van der Waals surface area contributed by atoms with Gasteiger partial charge in [-0.25, -0.2) is 5.84 Å². The number of rotatable bonds is 5. The molecule has 0 aromatic heterocycles. The third-order valence-electron chi connectivity index (χ3n) is 2.40. The fraction of sp³-hybridized carbons (Fsp3) is 0.800. The molecule has 0 atom stereocenters. The number of hydrazine groups is 1. The molecule has 1 rings (SSSR count). The topological polar surface area (TPSA) is 38.5 Å². The molecule has 0 spiro atoms. The minimum atomic E-state index is 0.401. The molecule has 1 aliphatic heterocycles. The van der Waals surface area contributed by atoms with Crippen molar-refractivity contribution in [3.63, 3.8) is 0 Å². The summed E-state index contributed by atoms with van der Waals surface area (Å²) in [5, 5.41) is 1.80. The summed E-state index contributed by atoms with van der Waals surface area (Å²) in [5.74, 6) is 5.86. The van der Waals surface area contributed by atoms with Crippen LogP contribution in [0.1, 0.15) is 33.1 Å². The van der Waals surface area contributed by atoms with Crippen molar-refractivity contribution in [3.8, 4) is 0 Å². The van der Waals surface area contributed by atoms with E-state index >= 15 is 0 Å². The van der Waals surface area contributed by atoms with Crippen LogP contribution < -0.4 is 5.84 Å². The van der Waals surface area contributed by atoms with E-state index in [0.29, 0.717) is 6.04 Å². The molecular weight excluding hydrogens is 164 g/mol. The molecule has 0 saturated carbocycles. The lowest BCUT2D eigenvalue weighted by Crippen LogP contribution is -2.49. The molecule has 0 amide bonds. The first-order chi connectivity index (χ1) is 6.27. The van der Waals surface area contributed by atoms with Crippen LogP contribution in [0.5, 0.6) is 0 Å². The van der Waals surface area contributed by atoms with Crippen LogP contribution in [-0.2, 0) is 4.74 Å². The molecule has 1 heterocycles. The molecular formula is C10H20N2O. The summed E-state index contributed by atoms with van der Waals surface area (Å²) in [6.07, 6.45) is 5.51. The van der Waals surface area contributed by atoms with Crippen LogP contribution in [0, 0.1) is 0 Å². The van der Waals surface area contributed by atoms with E-state index < -0.39 is 0 Å². The van der Waals surface area contributed by atoms with Gasteiger partial charge in [0.15, 0.2) is 0 Å². The zero-order chi connectivity index (χ0) is 9.68. The first-order valence-corrected chi connectivity index (χ1v) is 5.08. The van der Waals surface area contributed by atoms with Crippen molar-refractivity contribution in [2.45, 2.75) is 39.2 Å². The van der Waals surface area contributed by atoms with Crippen molar-refractivity contribution in [1.29, 1.82) is 0 Å². The van der Waals surface area contributed by atoms with Gasteiger partial charge in [0.25, 0.3) is 0 Å². The SMILES string of the molecule is CCC/C(=C\N(N)C1COC1)CC. The van der Waals surface area contributed by atoms with Gasteiger partial charge in [0, 0.05) is 6.20 Å². The maximum absolute atomic E-state index is 5.86. The van der Waals surface area contributed by atoms with Crippen molar-refractivity contribution >= 4 is 0 Å². The highest BCUT2D eigenvalue weighted by Gasteiger charge is 2.21. The summed E-state index contributed by atoms with van der Waals surface area (Å²) in [4.78, 5) is 0. The summed E-state index contributed by atoms with van der Waals surface area (Å²) < 4.78 is 5.08. The molecule has 2 N–H and O–H groups in total. The van der Waals surface area contributed by atoms with Gasteiger partial charge >= 0.3 is 0 Å². The molecule has 3 nitrogen and oxygen atoms in total. The van der Waals surface area contributed by atoms with Gasteiger partial charge < -0.3 is 9.75 Å². The number of ether oxygens (including phenoxy) is 1. The highest BCUT2D eigenvalue weighted by atomic mass is 16.5. The number of hydrogen-bond donors (Lipinski definition) is 1. The van der Waals surface area contributed by atoms with Crippen molar-refractivity contribution < 1.29 is 4.74 Å². The predicted molar refractivity (Wildman–Crippen MR) is 53.9 cm³/mol. The maximum atomic E-state index is 5.86.